The van der Waals surface area contributed by atoms with E-state index in [1.807, 2.05) is 41.2 Å². The van der Waals surface area contributed by atoms with Gasteiger partial charge in [0.2, 0.25) is 5.91 Å². The molecule has 0 fully saturated rings. The van der Waals surface area contributed by atoms with Crippen molar-refractivity contribution in [3.8, 4) is 0 Å². The molecule has 25 heavy (non-hydrogen) atoms. The summed E-state index contributed by atoms with van der Waals surface area (Å²) < 4.78 is 2.59. The Morgan fingerprint density at radius 1 is 1.16 bits per heavy atom. The van der Waals surface area contributed by atoms with E-state index in [9.17, 15) is 4.79 Å². The Labute approximate surface area is 159 Å². The van der Waals surface area contributed by atoms with Gasteiger partial charge in [0.15, 0.2) is 5.82 Å². The number of carbonyl (C=O) groups is 1. The summed E-state index contributed by atoms with van der Waals surface area (Å²) in [6.45, 7) is 2.73. The van der Waals surface area contributed by atoms with Crippen LogP contribution in [0.2, 0.25) is 0 Å². The summed E-state index contributed by atoms with van der Waals surface area (Å²) in [5.41, 5.74) is 2.40. The summed E-state index contributed by atoms with van der Waals surface area (Å²) >= 11 is 4.96. The summed E-state index contributed by atoms with van der Waals surface area (Å²) in [7, 11) is 0. The summed E-state index contributed by atoms with van der Waals surface area (Å²) in [5, 5.41) is 7.31. The molecule has 1 N–H and O–H groups in total. The lowest BCUT2D eigenvalue weighted by atomic mass is 10.1. The molecule has 0 radical (unpaired) electrons. The molecule has 0 atom stereocenters. The van der Waals surface area contributed by atoms with E-state index >= 15 is 0 Å². The van der Waals surface area contributed by atoms with Crippen LogP contribution in [0.15, 0.2) is 70.2 Å². The number of anilines is 1. The fraction of sp³-hybridized carbons (Fsp3) is 0.158. The Morgan fingerprint density at radius 2 is 1.88 bits per heavy atom. The summed E-state index contributed by atoms with van der Waals surface area (Å²) in [6, 6.07) is 18.2. The quantitative estimate of drug-likeness (QED) is 0.591. The summed E-state index contributed by atoms with van der Waals surface area (Å²) in [5.74, 6) is 0.822. The second-order valence-electron chi connectivity index (χ2n) is 5.66. The molecule has 2 aromatic carbocycles. The number of carbonyl (C=O) groups excluding carboxylic acids is 1. The number of rotatable bonds is 6. The van der Waals surface area contributed by atoms with Crippen molar-refractivity contribution < 1.29 is 4.79 Å². The largest absolute Gasteiger partial charge is 0.308 e. The van der Waals surface area contributed by atoms with Crippen molar-refractivity contribution in [1.29, 1.82) is 0 Å². The number of hydrogen-bond acceptors (Lipinski definition) is 3. The van der Waals surface area contributed by atoms with Gasteiger partial charge in [-0.2, -0.15) is 5.10 Å². The third-order valence-corrected chi connectivity index (χ3v) is 5.15. The van der Waals surface area contributed by atoms with Gasteiger partial charge in [-0.1, -0.05) is 48.0 Å². The first-order valence-corrected chi connectivity index (χ1v) is 9.64. The van der Waals surface area contributed by atoms with E-state index in [4.69, 9.17) is 0 Å². The van der Waals surface area contributed by atoms with E-state index in [1.54, 1.807) is 0 Å². The van der Waals surface area contributed by atoms with E-state index < -0.39 is 0 Å². The highest BCUT2D eigenvalue weighted by Crippen LogP contribution is 2.22. The molecule has 0 aliphatic heterocycles. The number of amides is 1. The number of aryl methyl sites for hydroxylation is 1. The van der Waals surface area contributed by atoms with Gasteiger partial charge in [-0.15, -0.1) is 11.8 Å². The fourth-order valence-electron chi connectivity index (χ4n) is 2.28. The number of aromatic nitrogens is 2. The van der Waals surface area contributed by atoms with Crippen LogP contribution in [0, 0.1) is 6.92 Å². The molecule has 3 aromatic rings. The predicted molar refractivity (Wildman–Crippen MR) is 106 cm³/mol. The molecule has 1 heterocycles. The summed E-state index contributed by atoms with van der Waals surface area (Å²) in [6.07, 6.45) is 1.87. The first-order chi connectivity index (χ1) is 12.1. The summed E-state index contributed by atoms with van der Waals surface area (Å²) in [4.78, 5) is 13.2. The highest BCUT2D eigenvalue weighted by molar-refractivity contribution is 9.10. The minimum atomic E-state index is -0.0739. The van der Waals surface area contributed by atoms with Crippen LogP contribution in [0.4, 0.5) is 5.82 Å². The van der Waals surface area contributed by atoms with Crippen LogP contribution in [0.1, 0.15) is 11.1 Å². The lowest BCUT2D eigenvalue weighted by Crippen LogP contribution is -2.15. The van der Waals surface area contributed by atoms with Crippen molar-refractivity contribution in [2.75, 3.05) is 11.1 Å². The zero-order valence-electron chi connectivity index (χ0n) is 13.8. The van der Waals surface area contributed by atoms with Crippen molar-refractivity contribution in [3.05, 3.63) is 76.4 Å². The predicted octanol–water partition coefficient (Wildman–Crippen LogP) is 4.73. The normalized spacial score (nSPS) is 10.6. The number of thioether (sulfide) groups is 1. The molecule has 4 nitrogen and oxygen atoms in total. The van der Waals surface area contributed by atoms with E-state index in [0.29, 0.717) is 18.1 Å². The Morgan fingerprint density at radius 3 is 2.60 bits per heavy atom. The SMILES string of the molecule is Cc1ccc(Cn2cc(Br)c(NC(=O)CSc3ccccc3)n2)cc1. The third kappa shape index (κ3) is 5.21. The second-order valence-corrected chi connectivity index (χ2v) is 7.56. The van der Waals surface area contributed by atoms with Crippen LogP contribution in [-0.4, -0.2) is 21.4 Å². The van der Waals surface area contributed by atoms with Gasteiger partial charge in [0.1, 0.15) is 0 Å². The average Bonchev–Trinajstić information content (AvgIpc) is 2.95. The maximum Gasteiger partial charge on any atom is 0.235 e. The van der Waals surface area contributed by atoms with Crippen molar-refractivity contribution in [2.45, 2.75) is 18.4 Å². The molecule has 0 unspecified atom stereocenters. The van der Waals surface area contributed by atoms with Crippen molar-refractivity contribution in [3.63, 3.8) is 0 Å². The van der Waals surface area contributed by atoms with E-state index in [0.717, 1.165) is 14.9 Å². The van der Waals surface area contributed by atoms with Crippen LogP contribution in [0.5, 0.6) is 0 Å². The smallest absolute Gasteiger partial charge is 0.235 e. The molecule has 3 rings (SSSR count). The monoisotopic (exact) mass is 415 g/mol. The maximum atomic E-state index is 12.1. The Hall–Kier alpha value is -2.05. The van der Waals surface area contributed by atoms with Crippen molar-refractivity contribution in [2.24, 2.45) is 0 Å². The van der Waals surface area contributed by atoms with Gasteiger partial charge in [0.05, 0.1) is 16.8 Å². The Kier molecular flexibility index (Phi) is 5.94. The minimum Gasteiger partial charge on any atom is -0.308 e. The van der Waals surface area contributed by atoms with Crippen LogP contribution < -0.4 is 5.32 Å². The number of nitrogens with zero attached hydrogens (tertiary/aromatic N) is 2. The molecule has 0 bridgehead atoms. The maximum absolute atomic E-state index is 12.1. The van der Waals surface area contributed by atoms with Crippen LogP contribution in [0.3, 0.4) is 0 Å². The van der Waals surface area contributed by atoms with Gasteiger partial charge in [-0.05, 0) is 40.5 Å². The number of nitrogens with one attached hydrogen (secondary N) is 1. The number of halogens is 1. The molecule has 0 spiro atoms. The van der Waals surface area contributed by atoms with Crippen LogP contribution in [0.25, 0.3) is 0 Å². The van der Waals surface area contributed by atoms with E-state index in [1.165, 1.54) is 17.3 Å². The lowest BCUT2D eigenvalue weighted by Gasteiger charge is -2.04. The molecule has 128 valence electrons. The molecule has 1 amide bonds. The van der Waals surface area contributed by atoms with Gasteiger partial charge in [0, 0.05) is 11.1 Å². The van der Waals surface area contributed by atoms with Gasteiger partial charge >= 0.3 is 0 Å². The van der Waals surface area contributed by atoms with Crippen LogP contribution >= 0.6 is 27.7 Å². The molecule has 0 saturated heterocycles. The highest BCUT2D eigenvalue weighted by atomic mass is 79.9. The standard InChI is InChI=1S/C19H18BrN3OS/c1-14-7-9-15(10-8-14)11-23-12-17(20)19(22-23)21-18(24)13-25-16-5-3-2-4-6-16/h2-10,12H,11,13H2,1H3,(H,21,22,24). The van der Waals surface area contributed by atoms with Gasteiger partial charge < -0.3 is 5.32 Å². The Balaban J connectivity index is 1.58. The molecular weight excluding hydrogens is 398 g/mol. The molecule has 6 heteroatoms. The van der Waals surface area contributed by atoms with Crippen molar-refractivity contribution >= 4 is 39.4 Å². The first kappa shape index (κ1) is 17.8. The van der Waals surface area contributed by atoms with E-state index in [-0.39, 0.29) is 5.91 Å². The third-order valence-electron chi connectivity index (χ3n) is 3.55. The molecule has 0 aliphatic rings. The molecule has 1 aromatic heterocycles. The fourth-order valence-corrected chi connectivity index (χ4v) is 3.41. The zero-order chi connectivity index (χ0) is 17.6. The average molecular weight is 416 g/mol. The topological polar surface area (TPSA) is 46.9 Å². The first-order valence-electron chi connectivity index (χ1n) is 7.86. The van der Waals surface area contributed by atoms with Crippen molar-refractivity contribution in [1.82, 2.24) is 9.78 Å². The van der Waals surface area contributed by atoms with E-state index in [2.05, 4.69) is 57.5 Å². The zero-order valence-corrected chi connectivity index (χ0v) is 16.2. The van der Waals surface area contributed by atoms with Gasteiger partial charge in [0.25, 0.3) is 0 Å². The number of hydrogen-bond donors (Lipinski definition) is 1. The van der Waals surface area contributed by atoms with Crippen LogP contribution in [-0.2, 0) is 11.3 Å². The minimum absolute atomic E-state index is 0.0739. The molecular formula is C19H18BrN3OS. The van der Waals surface area contributed by atoms with Gasteiger partial charge in [-0.3, -0.25) is 9.48 Å². The molecule has 0 aliphatic carbocycles. The lowest BCUT2D eigenvalue weighted by molar-refractivity contribution is -0.113. The van der Waals surface area contributed by atoms with Gasteiger partial charge in [-0.25, -0.2) is 0 Å². The number of benzene rings is 2. The second kappa shape index (κ2) is 8.36. The Bertz CT molecular complexity index is 847. The molecule has 0 saturated carbocycles. The highest BCUT2D eigenvalue weighted by Gasteiger charge is 2.11.